The fourth-order valence-electron chi connectivity index (χ4n) is 5.31. The van der Waals surface area contributed by atoms with Crippen molar-refractivity contribution in [2.75, 3.05) is 24.5 Å². The van der Waals surface area contributed by atoms with Crippen molar-refractivity contribution in [3.8, 4) is 6.07 Å². The highest BCUT2D eigenvalue weighted by Crippen LogP contribution is 2.37. The maximum absolute atomic E-state index is 14.7. The largest absolute Gasteiger partial charge is 0.451 e. The third-order valence-electron chi connectivity index (χ3n) is 7.13. The van der Waals surface area contributed by atoms with Crippen LogP contribution in [0.5, 0.6) is 0 Å². The SMILES string of the molecule is C=Cc1cc(F)c2ncc(C#N)c(N3CC[C@H](C(=O)N4CCn5c(nnc5C(F)(F)F)C4)[C@H](C)C3)c2c1. The molecule has 8 nitrogen and oxygen atoms in total. The summed E-state index contributed by atoms with van der Waals surface area (Å²) in [5.41, 5.74) is 1.59. The lowest BCUT2D eigenvalue weighted by Gasteiger charge is -2.40. The van der Waals surface area contributed by atoms with E-state index in [4.69, 9.17) is 0 Å². The fraction of sp³-hybridized carbons (Fsp3) is 0.400. The van der Waals surface area contributed by atoms with Crippen molar-refractivity contribution >= 4 is 28.6 Å². The summed E-state index contributed by atoms with van der Waals surface area (Å²) in [6.07, 6.45) is -1.26. The Balaban J connectivity index is 1.37. The molecule has 0 radical (unpaired) electrons. The summed E-state index contributed by atoms with van der Waals surface area (Å²) in [5, 5.41) is 17.2. The number of fused-ring (bicyclic) bond motifs is 2. The minimum absolute atomic E-state index is 0.0259. The van der Waals surface area contributed by atoms with Gasteiger partial charge in [0.2, 0.25) is 11.7 Å². The summed E-state index contributed by atoms with van der Waals surface area (Å²) in [4.78, 5) is 21.0. The molecule has 1 aromatic carbocycles. The Labute approximate surface area is 209 Å². The quantitative estimate of drug-likeness (QED) is 0.492. The zero-order valence-corrected chi connectivity index (χ0v) is 20.0. The number of rotatable bonds is 3. The monoisotopic (exact) mass is 513 g/mol. The second kappa shape index (κ2) is 9.14. The Morgan fingerprint density at radius 1 is 1.24 bits per heavy atom. The van der Waals surface area contributed by atoms with Gasteiger partial charge in [0.1, 0.15) is 17.4 Å². The molecular formula is C25H23F4N7O. The second-order valence-electron chi connectivity index (χ2n) is 9.40. The Bertz CT molecular complexity index is 1440. The number of amides is 1. The van der Waals surface area contributed by atoms with E-state index in [1.165, 1.54) is 23.2 Å². The number of carbonyl (C=O) groups is 1. The summed E-state index contributed by atoms with van der Waals surface area (Å²) >= 11 is 0. The molecule has 2 aliphatic rings. The molecule has 1 fully saturated rings. The smallest absolute Gasteiger partial charge is 0.370 e. The summed E-state index contributed by atoms with van der Waals surface area (Å²) in [6, 6.07) is 5.22. The Kier molecular flexibility index (Phi) is 6.09. The zero-order chi connectivity index (χ0) is 26.5. The average molecular weight is 513 g/mol. The lowest BCUT2D eigenvalue weighted by Crippen LogP contribution is -2.49. The Hall–Kier alpha value is -4.01. The Morgan fingerprint density at radius 3 is 2.70 bits per heavy atom. The van der Waals surface area contributed by atoms with Crippen molar-refractivity contribution < 1.29 is 22.4 Å². The van der Waals surface area contributed by atoms with E-state index >= 15 is 0 Å². The number of benzene rings is 1. The van der Waals surface area contributed by atoms with Crippen molar-refractivity contribution in [1.29, 1.82) is 5.26 Å². The van der Waals surface area contributed by atoms with Crippen LogP contribution in [0.4, 0.5) is 23.2 Å². The number of aromatic nitrogens is 4. The zero-order valence-electron chi connectivity index (χ0n) is 20.0. The van der Waals surface area contributed by atoms with Crippen LogP contribution in [0.3, 0.4) is 0 Å². The molecule has 1 saturated heterocycles. The van der Waals surface area contributed by atoms with Crippen LogP contribution in [0, 0.1) is 29.0 Å². The molecule has 0 spiro atoms. The predicted octanol–water partition coefficient (Wildman–Crippen LogP) is 4.00. The van der Waals surface area contributed by atoms with Crippen LogP contribution >= 0.6 is 0 Å². The standard InChI is InChI=1S/C25H23F4N7O/c1-3-15-8-18-21(19(26)9-15)31-11-16(10-30)22(18)34-5-4-17(14(2)12-34)23(37)35-6-7-36-20(13-35)32-33-24(36)25(27,28)29/h3,8-9,11,14,17H,1,4-7,12-13H2,2H3/t14-,17+/m1/s1. The molecule has 0 bridgehead atoms. The minimum Gasteiger partial charge on any atom is -0.370 e. The van der Waals surface area contributed by atoms with Gasteiger partial charge < -0.3 is 14.4 Å². The van der Waals surface area contributed by atoms with Crippen LogP contribution in [0.25, 0.3) is 17.0 Å². The average Bonchev–Trinajstić information content (AvgIpc) is 3.31. The van der Waals surface area contributed by atoms with E-state index in [0.717, 1.165) is 4.57 Å². The number of hydrogen-bond acceptors (Lipinski definition) is 6. The number of pyridine rings is 1. The van der Waals surface area contributed by atoms with Gasteiger partial charge in [-0.3, -0.25) is 9.78 Å². The Morgan fingerprint density at radius 2 is 2.03 bits per heavy atom. The van der Waals surface area contributed by atoms with Gasteiger partial charge in [-0.15, -0.1) is 10.2 Å². The van der Waals surface area contributed by atoms with Crippen LogP contribution in [-0.2, 0) is 24.1 Å². The lowest BCUT2D eigenvalue weighted by atomic mass is 9.85. The van der Waals surface area contributed by atoms with Gasteiger partial charge in [0, 0.05) is 43.7 Å². The molecule has 3 aromatic rings. The lowest BCUT2D eigenvalue weighted by molar-refractivity contribution is -0.148. The maximum Gasteiger partial charge on any atom is 0.451 e. The molecule has 2 atom stereocenters. The fourth-order valence-corrected chi connectivity index (χ4v) is 5.31. The van der Waals surface area contributed by atoms with E-state index in [1.54, 1.807) is 6.07 Å². The first-order chi connectivity index (χ1) is 17.6. The molecular weight excluding hydrogens is 490 g/mol. The first-order valence-electron chi connectivity index (χ1n) is 11.8. The first-order valence-corrected chi connectivity index (χ1v) is 11.8. The van der Waals surface area contributed by atoms with Gasteiger partial charge in [0.25, 0.3) is 0 Å². The number of alkyl halides is 3. The van der Waals surface area contributed by atoms with Crippen molar-refractivity contribution in [1.82, 2.24) is 24.6 Å². The van der Waals surface area contributed by atoms with E-state index < -0.39 is 17.8 Å². The van der Waals surface area contributed by atoms with Crippen molar-refractivity contribution in [2.24, 2.45) is 11.8 Å². The molecule has 0 saturated carbocycles. The summed E-state index contributed by atoms with van der Waals surface area (Å²) < 4.78 is 55.1. The molecule has 0 unspecified atom stereocenters. The number of nitriles is 1. The van der Waals surface area contributed by atoms with E-state index in [-0.39, 0.29) is 48.7 Å². The maximum atomic E-state index is 14.7. The van der Waals surface area contributed by atoms with Crippen LogP contribution < -0.4 is 4.90 Å². The molecule has 2 aliphatic heterocycles. The van der Waals surface area contributed by atoms with Crippen LogP contribution in [0.2, 0.25) is 0 Å². The molecule has 12 heteroatoms. The van der Waals surface area contributed by atoms with Gasteiger partial charge in [0.05, 0.1) is 17.8 Å². The first kappa shape index (κ1) is 24.7. The number of anilines is 1. The number of hydrogen-bond donors (Lipinski definition) is 0. The van der Waals surface area contributed by atoms with Crippen molar-refractivity contribution in [3.05, 3.63) is 53.5 Å². The molecule has 0 N–H and O–H groups in total. The van der Waals surface area contributed by atoms with Crippen molar-refractivity contribution in [2.45, 2.75) is 32.6 Å². The van der Waals surface area contributed by atoms with Gasteiger partial charge in [-0.1, -0.05) is 19.6 Å². The highest BCUT2D eigenvalue weighted by molar-refractivity contribution is 5.96. The molecule has 5 rings (SSSR count). The van der Waals surface area contributed by atoms with Gasteiger partial charge in [0.15, 0.2) is 5.82 Å². The third kappa shape index (κ3) is 4.28. The molecule has 192 valence electrons. The van der Waals surface area contributed by atoms with Crippen LogP contribution in [0.15, 0.2) is 24.9 Å². The molecule has 4 heterocycles. The highest BCUT2D eigenvalue weighted by atomic mass is 19.4. The van der Waals surface area contributed by atoms with Crippen molar-refractivity contribution in [3.63, 3.8) is 0 Å². The number of carbonyl (C=O) groups excluding carboxylic acids is 1. The summed E-state index contributed by atoms with van der Waals surface area (Å²) in [5.74, 6) is -2.08. The number of piperidine rings is 1. The second-order valence-corrected chi connectivity index (χ2v) is 9.40. The van der Waals surface area contributed by atoms with Crippen LogP contribution in [-0.4, -0.2) is 50.2 Å². The van der Waals surface area contributed by atoms with Gasteiger partial charge in [-0.25, -0.2) is 4.39 Å². The normalized spacial score (nSPS) is 20.0. The van der Waals surface area contributed by atoms with Gasteiger partial charge in [-0.2, -0.15) is 18.4 Å². The van der Waals surface area contributed by atoms with Gasteiger partial charge in [-0.05, 0) is 30.0 Å². The summed E-state index contributed by atoms with van der Waals surface area (Å²) in [6.45, 7) is 6.58. The number of halogens is 4. The van der Waals surface area contributed by atoms with E-state index in [2.05, 4.69) is 27.8 Å². The number of nitrogens with zero attached hydrogens (tertiary/aromatic N) is 7. The molecule has 0 aliphatic carbocycles. The van der Waals surface area contributed by atoms with E-state index in [9.17, 15) is 27.6 Å². The molecule has 37 heavy (non-hydrogen) atoms. The minimum atomic E-state index is -4.60. The highest BCUT2D eigenvalue weighted by Gasteiger charge is 2.41. The summed E-state index contributed by atoms with van der Waals surface area (Å²) in [7, 11) is 0. The third-order valence-corrected chi connectivity index (χ3v) is 7.13. The van der Waals surface area contributed by atoms with E-state index in [0.29, 0.717) is 41.7 Å². The molecule has 2 aromatic heterocycles. The van der Waals surface area contributed by atoms with Crippen LogP contribution in [0.1, 0.15) is 36.1 Å². The van der Waals surface area contributed by atoms with E-state index in [1.807, 2.05) is 11.8 Å². The topological polar surface area (TPSA) is 90.9 Å². The predicted molar refractivity (Wildman–Crippen MR) is 126 cm³/mol. The molecule has 1 amide bonds. The van der Waals surface area contributed by atoms with Gasteiger partial charge >= 0.3 is 6.18 Å².